The van der Waals surface area contributed by atoms with Crippen molar-refractivity contribution in [2.75, 3.05) is 0 Å². The average Bonchev–Trinajstić information content (AvgIpc) is 2.40. The zero-order chi connectivity index (χ0) is 13.6. The summed E-state index contributed by atoms with van der Waals surface area (Å²) in [5, 5.41) is 3.59. The number of aromatic nitrogens is 2. The Morgan fingerprint density at radius 2 is 2.06 bits per heavy atom. The minimum atomic E-state index is -4.80. The maximum Gasteiger partial charge on any atom is 0.574 e. The van der Waals surface area contributed by atoms with Crippen LogP contribution in [0.25, 0.3) is 0 Å². The Morgan fingerprint density at radius 3 is 2.56 bits per heavy atom. The highest BCUT2D eigenvalue weighted by atomic mass is 19.4. The van der Waals surface area contributed by atoms with Crippen LogP contribution in [0.2, 0.25) is 0 Å². The minimum absolute atomic E-state index is 0.178. The van der Waals surface area contributed by atoms with Crippen molar-refractivity contribution in [2.45, 2.75) is 38.6 Å². The number of hydrogen-bond acceptors (Lipinski definition) is 2. The number of halogens is 5. The molecule has 0 saturated heterocycles. The van der Waals surface area contributed by atoms with E-state index in [9.17, 15) is 22.0 Å². The average molecular weight is 270 g/mol. The van der Waals surface area contributed by atoms with E-state index in [4.69, 9.17) is 0 Å². The first-order valence-corrected chi connectivity index (χ1v) is 5.32. The van der Waals surface area contributed by atoms with Gasteiger partial charge in [0.15, 0.2) is 0 Å². The van der Waals surface area contributed by atoms with Crippen LogP contribution in [0, 0.1) is 12.8 Å². The van der Waals surface area contributed by atoms with Crippen molar-refractivity contribution in [2.24, 2.45) is 5.92 Å². The molecule has 0 amide bonds. The predicted octanol–water partition coefficient (Wildman–Crippen LogP) is 3.14. The summed E-state index contributed by atoms with van der Waals surface area (Å²) in [6.07, 6.45) is -3.94. The first-order valence-electron chi connectivity index (χ1n) is 5.32. The van der Waals surface area contributed by atoms with Gasteiger partial charge >= 0.3 is 6.36 Å². The molecular weight excluding hydrogens is 259 g/mol. The maximum atomic E-state index is 12.6. The zero-order valence-electron chi connectivity index (χ0n) is 9.47. The van der Waals surface area contributed by atoms with Gasteiger partial charge in [0.05, 0.1) is 0 Å². The second kappa shape index (κ2) is 4.10. The van der Waals surface area contributed by atoms with Crippen LogP contribution in [0.3, 0.4) is 0 Å². The van der Waals surface area contributed by atoms with Gasteiger partial charge < -0.3 is 4.74 Å². The third-order valence-electron chi connectivity index (χ3n) is 2.73. The number of nitrogens with zero attached hydrogens (tertiary/aromatic N) is 2. The van der Waals surface area contributed by atoms with Gasteiger partial charge in [-0.1, -0.05) is 0 Å². The highest BCUT2D eigenvalue weighted by Gasteiger charge is 2.45. The SMILES string of the molecule is Cc1cn(CC2CC(F)(F)C2)nc1OC(F)(F)F. The van der Waals surface area contributed by atoms with Crippen LogP contribution in [0.5, 0.6) is 5.88 Å². The summed E-state index contributed by atoms with van der Waals surface area (Å²) in [4.78, 5) is 0. The van der Waals surface area contributed by atoms with E-state index in [0.29, 0.717) is 0 Å². The van der Waals surface area contributed by atoms with Gasteiger partial charge in [-0.05, 0) is 12.8 Å². The number of alkyl halides is 5. The Balaban J connectivity index is 1.97. The lowest BCUT2D eigenvalue weighted by Crippen LogP contribution is -2.37. The molecule has 3 nitrogen and oxygen atoms in total. The summed E-state index contributed by atoms with van der Waals surface area (Å²) >= 11 is 0. The van der Waals surface area contributed by atoms with E-state index in [0.717, 1.165) is 0 Å². The van der Waals surface area contributed by atoms with Crippen molar-refractivity contribution < 1.29 is 26.7 Å². The van der Waals surface area contributed by atoms with Gasteiger partial charge in [0.1, 0.15) is 0 Å². The normalized spacial score (nSPS) is 19.7. The Morgan fingerprint density at radius 1 is 1.44 bits per heavy atom. The highest BCUT2D eigenvalue weighted by Crippen LogP contribution is 2.43. The van der Waals surface area contributed by atoms with Crippen molar-refractivity contribution in [3.8, 4) is 5.88 Å². The van der Waals surface area contributed by atoms with Gasteiger partial charge in [-0.15, -0.1) is 18.3 Å². The topological polar surface area (TPSA) is 27.1 Å². The van der Waals surface area contributed by atoms with Crippen molar-refractivity contribution in [3.63, 3.8) is 0 Å². The first kappa shape index (κ1) is 13.1. The molecule has 18 heavy (non-hydrogen) atoms. The van der Waals surface area contributed by atoms with E-state index in [1.165, 1.54) is 17.8 Å². The number of ether oxygens (including phenoxy) is 1. The maximum absolute atomic E-state index is 12.6. The first-order chi connectivity index (χ1) is 8.15. The third kappa shape index (κ3) is 3.11. The van der Waals surface area contributed by atoms with Crippen LogP contribution in [-0.4, -0.2) is 22.1 Å². The van der Waals surface area contributed by atoms with E-state index in [-0.39, 0.29) is 30.9 Å². The molecule has 1 saturated carbocycles. The van der Waals surface area contributed by atoms with Crippen LogP contribution in [0.1, 0.15) is 18.4 Å². The molecule has 1 heterocycles. The van der Waals surface area contributed by atoms with E-state index < -0.39 is 18.2 Å². The summed E-state index contributed by atoms with van der Waals surface area (Å²) < 4.78 is 66.1. The fraction of sp³-hybridized carbons (Fsp3) is 0.700. The molecule has 1 fully saturated rings. The largest absolute Gasteiger partial charge is 0.574 e. The predicted molar refractivity (Wildman–Crippen MR) is 51.3 cm³/mol. The van der Waals surface area contributed by atoms with Gasteiger partial charge in [-0.25, -0.2) is 8.78 Å². The summed E-state index contributed by atoms with van der Waals surface area (Å²) in [6, 6.07) is 0. The molecule has 0 aromatic carbocycles. The Kier molecular flexibility index (Phi) is 2.98. The molecule has 1 aliphatic carbocycles. The van der Waals surface area contributed by atoms with Gasteiger partial charge in [0.25, 0.3) is 0 Å². The standard InChI is InChI=1S/C10H11F5N2O/c1-6-4-17(5-7-2-9(11,12)3-7)16-8(6)18-10(13,14)15/h4,7H,2-3,5H2,1H3. The molecule has 1 aliphatic rings. The van der Waals surface area contributed by atoms with Gasteiger partial charge in [-0.3, -0.25) is 4.68 Å². The fourth-order valence-corrected chi connectivity index (χ4v) is 1.99. The van der Waals surface area contributed by atoms with Crippen molar-refractivity contribution in [3.05, 3.63) is 11.8 Å². The zero-order valence-corrected chi connectivity index (χ0v) is 9.47. The van der Waals surface area contributed by atoms with Crippen molar-refractivity contribution >= 4 is 0 Å². The molecule has 2 rings (SSSR count). The van der Waals surface area contributed by atoms with Gasteiger partial charge in [0, 0.05) is 31.1 Å². The lowest BCUT2D eigenvalue weighted by molar-refractivity contribution is -0.276. The highest BCUT2D eigenvalue weighted by molar-refractivity contribution is 5.21. The Bertz CT molecular complexity index is 432. The van der Waals surface area contributed by atoms with E-state index in [2.05, 4.69) is 9.84 Å². The van der Waals surface area contributed by atoms with Crippen LogP contribution in [-0.2, 0) is 6.54 Å². The summed E-state index contributed by atoms with van der Waals surface area (Å²) in [5.41, 5.74) is 0.221. The molecule has 0 atom stereocenters. The van der Waals surface area contributed by atoms with Gasteiger partial charge in [0.2, 0.25) is 11.8 Å². The van der Waals surface area contributed by atoms with Crippen LogP contribution in [0.15, 0.2) is 6.20 Å². The molecule has 8 heteroatoms. The summed E-state index contributed by atoms with van der Waals surface area (Å²) in [7, 11) is 0. The van der Waals surface area contributed by atoms with E-state index in [1.807, 2.05) is 0 Å². The fourth-order valence-electron chi connectivity index (χ4n) is 1.99. The minimum Gasteiger partial charge on any atom is -0.386 e. The molecule has 0 bridgehead atoms. The quantitative estimate of drug-likeness (QED) is 0.789. The molecule has 0 radical (unpaired) electrons. The third-order valence-corrected chi connectivity index (χ3v) is 2.73. The molecule has 1 aromatic rings. The van der Waals surface area contributed by atoms with Gasteiger partial charge in [-0.2, -0.15) is 0 Å². The second-order valence-corrected chi connectivity index (χ2v) is 4.52. The molecule has 0 N–H and O–H groups in total. The number of rotatable bonds is 3. The number of hydrogen-bond donors (Lipinski definition) is 0. The smallest absolute Gasteiger partial charge is 0.386 e. The summed E-state index contributed by atoms with van der Waals surface area (Å²) in [6.45, 7) is 1.59. The lowest BCUT2D eigenvalue weighted by Gasteiger charge is -2.34. The van der Waals surface area contributed by atoms with Crippen LogP contribution < -0.4 is 4.74 Å². The second-order valence-electron chi connectivity index (χ2n) is 4.52. The monoisotopic (exact) mass is 270 g/mol. The molecule has 0 spiro atoms. The Labute approximate surface area is 99.5 Å². The lowest BCUT2D eigenvalue weighted by atomic mass is 9.81. The molecule has 0 unspecified atom stereocenters. The molecule has 102 valence electrons. The molecule has 0 aliphatic heterocycles. The number of aryl methyl sites for hydroxylation is 1. The molecule has 1 aromatic heterocycles. The van der Waals surface area contributed by atoms with Crippen LogP contribution >= 0.6 is 0 Å². The van der Waals surface area contributed by atoms with E-state index >= 15 is 0 Å². The Hall–Kier alpha value is -1.34. The summed E-state index contributed by atoms with van der Waals surface area (Å²) in [5.74, 6) is -3.43. The molecular formula is C10H11F5N2O. The van der Waals surface area contributed by atoms with Crippen molar-refractivity contribution in [1.29, 1.82) is 0 Å². The van der Waals surface area contributed by atoms with E-state index in [1.54, 1.807) is 0 Å². The van der Waals surface area contributed by atoms with Crippen LogP contribution in [0.4, 0.5) is 22.0 Å². The van der Waals surface area contributed by atoms with Crippen molar-refractivity contribution in [1.82, 2.24) is 9.78 Å².